The highest BCUT2D eigenvalue weighted by molar-refractivity contribution is 6.31. The topological polar surface area (TPSA) is 128 Å². The van der Waals surface area contributed by atoms with Gasteiger partial charge in [0.15, 0.2) is 5.69 Å². The smallest absolute Gasteiger partial charge is 0.296 e. The zero-order chi connectivity index (χ0) is 24.6. The first kappa shape index (κ1) is 23.2. The highest BCUT2D eigenvalue weighted by Crippen LogP contribution is 2.37. The molecule has 2 N–H and O–H groups in total. The molecule has 0 aliphatic rings. The van der Waals surface area contributed by atoms with Gasteiger partial charge in [0.1, 0.15) is 23.6 Å². The molecule has 1 amide bonds. The van der Waals surface area contributed by atoms with E-state index in [2.05, 4.69) is 25.1 Å². The molecule has 34 heavy (non-hydrogen) atoms. The minimum absolute atomic E-state index is 0.151. The second-order valence-electron chi connectivity index (χ2n) is 7.72. The van der Waals surface area contributed by atoms with Gasteiger partial charge in [-0.15, -0.1) is 0 Å². The van der Waals surface area contributed by atoms with Gasteiger partial charge in [-0.2, -0.15) is 5.10 Å². The fourth-order valence-corrected chi connectivity index (χ4v) is 4.03. The molecule has 0 fully saturated rings. The van der Waals surface area contributed by atoms with E-state index in [4.69, 9.17) is 11.6 Å². The monoisotopic (exact) mass is 486 g/mol. The number of benzene rings is 1. The van der Waals surface area contributed by atoms with Crippen molar-refractivity contribution in [3.63, 3.8) is 0 Å². The molecule has 0 unspecified atom stereocenters. The van der Waals surface area contributed by atoms with Crippen LogP contribution in [-0.2, 0) is 7.05 Å². The summed E-state index contributed by atoms with van der Waals surface area (Å²) in [6, 6.07) is 5.06. The van der Waals surface area contributed by atoms with Crippen LogP contribution in [0.15, 0.2) is 52.2 Å². The molecule has 3 aromatic heterocycles. The third kappa shape index (κ3) is 4.17. The van der Waals surface area contributed by atoms with Crippen molar-refractivity contribution in [3.05, 3.63) is 86.9 Å². The third-order valence-corrected chi connectivity index (χ3v) is 5.84. The molecular formula is C22H20ClFN6O4. The summed E-state index contributed by atoms with van der Waals surface area (Å²) in [5, 5.41) is 21.0. The number of aromatic hydroxyl groups is 1. The van der Waals surface area contributed by atoms with Crippen molar-refractivity contribution >= 4 is 23.2 Å². The summed E-state index contributed by atoms with van der Waals surface area (Å²) in [6.45, 7) is 3.56. The minimum Gasteiger partial charge on any atom is -0.501 e. The van der Waals surface area contributed by atoms with E-state index in [1.165, 1.54) is 37.7 Å². The van der Waals surface area contributed by atoms with Crippen LogP contribution >= 0.6 is 11.6 Å². The van der Waals surface area contributed by atoms with E-state index in [1.54, 1.807) is 23.9 Å². The lowest BCUT2D eigenvalue weighted by Gasteiger charge is -2.28. The summed E-state index contributed by atoms with van der Waals surface area (Å²) < 4.78 is 21.7. The molecule has 10 nitrogen and oxygen atoms in total. The van der Waals surface area contributed by atoms with Crippen LogP contribution in [0, 0.1) is 12.7 Å². The zero-order valence-electron chi connectivity index (χ0n) is 18.4. The van der Waals surface area contributed by atoms with E-state index < -0.39 is 40.7 Å². The van der Waals surface area contributed by atoms with Crippen molar-refractivity contribution < 1.29 is 18.8 Å². The molecule has 0 saturated carbocycles. The van der Waals surface area contributed by atoms with Crippen molar-refractivity contribution in [1.29, 1.82) is 0 Å². The number of nitrogens with zero attached hydrogens (tertiary/aromatic N) is 5. The van der Waals surface area contributed by atoms with E-state index in [1.807, 2.05) is 6.92 Å². The lowest BCUT2D eigenvalue weighted by molar-refractivity contribution is 0.101. The average Bonchev–Trinajstić information content (AvgIpc) is 3.46. The van der Waals surface area contributed by atoms with E-state index in [0.717, 1.165) is 10.3 Å². The summed E-state index contributed by atoms with van der Waals surface area (Å²) in [5.74, 6) is -2.63. The van der Waals surface area contributed by atoms with Gasteiger partial charge in [-0.25, -0.2) is 9.37 Å². The molecule has 2 atom stereocenters. The van der Waals surface area contributed by atoms with Crippen LogP contribution in [0.25, 0.3) is 0 Å². The average molecular weight is 487 g/mol. The Morgan fingerprint density at radius 2 is 2.09 bits per heavy atom. The molecule has 4 aromatic rings. The summed E-state index contributed by atoms with van der Waals surface area (Å²) in [7, 11) is 1.42. The maximum Gasteiger partial charge on any atom is 0.296 e. The molecule has 0 aliphatic heterocycles. The molecule has 0 saturated heterocycles. The maximum atomic E-state index is 14.2. The standard InChI is InChI=1S/C22H20ClFN6O4/c1-11-6-7-25-30(11)18(15-8-13(24)4-5-16(15)23)12(2)20-28-17(19(31)22(33)29(20)3)21(32)27-14-9-26-34-10-14/h4-10,12,18,31H,1-3H3,(H,27,32)/t12-,18-/m1/s1. The second-order valence-corrected chi connectivity index (χ2v) is 8.12. The van der Waals surface area contributed by atoms with Gasteiger partial charge >= 0.3 is 0 Å². The van der Waals surface area contributed by atoms with Gasteiger partial charge in [0.2, 0.25) is 5.75 Å². The fraction of sp³-hybridized carbons (Fsp3) is 0.227. The van der Waals surface area contributed by atoms with Gasteiger partial charge in [-0.1, -0.05) is 23.7 Å². The SMILES string of the molecule is Cc1ccnn1[C@@H](c1cc(F)ccc1Cl)[C@@H](C)c1nc(C(=O)Nc2cnoc2)c(O)c(=O)n1C. The molecule has 0 bridgehead atoms. The second kappa shape index (κ2) is 9.10. The molecule has 0 radical (unpaired) electrons. The molecule has 0 spiro atoms. The van der Waals surface area contributed by atoms with Crippen LogP contribution in [0.5, 0.6) is 5.75 Å². The number of rotatable bonds is 6. The number of carbonyl (C=O) groups excluding carboxylic acids is 1. The molecule has 3 heterocycles. The summed E-state index contributed by atoms with van der Waals surface area (Å²) in [4.78, 5) is 29.9. The van der Waals surface area contributed by atoms with E-state index in [0.29, 0.717) is 10.6 Å². The zero-order valence-corrected chi connectivity index (χ0v) is 19.1. The predicted octanol–water partition coefficient (Wildman–Crippen LogP) is 3.42. The first-order valence-electron chi connectivity index (χ1n) is 10.1. The molecule has 1 aromatic carbocycles. The number of carbonyl (C=O) groups is 1. The molecule has 4 rings (SSSR count). The van der Waals surface area contributed by atoms with Gasteiger partial charge in [-0.3, -0.25) is 18.8 Å². The number of aromatic nitrogens is 5. The Hall–Kier alpha value is -3.99. The Kier molecular flexibility index (Phi) is 6.20. The number of anilines is 1. The number of hydrogen-bond acceptors (Lipinski definition) is 7. The quantitative estimate of drug-likeness (QED) is 0.427. The Morgan fingerprint density at radius 1 is 1.32 bits per heavy atom. The molecule has 12 heteroatoms. The summed E-state index contributed by atoms with van der Waals surface area (Å²) >= 11 is 6.43. The van der Waals surface area contributed by atoms with Gasteiger partial charge < -0.3 is 14.9 Å². The van der Waals surface area contributed by atoms with E-state index in [9.17, 15) is 19.1 Å². The number of aryl methyl sites for hydroxylation is 1. The summed E-state index contributed by atoms with van der Waals surface area (Å²) in [5.41, 5.74) is 0.0872. The lowest BCUT2D eigenvalue weighted by Crippen LogP contribution is -2.31. The van der Waals surface area contributed by atoms with Crippen LogP contribution in [0.3, 0.4) is 0 Å². The van der Waals surface area contributed by atoms with Crippen LogP contribution in [-0.4, -0.2) is 35.5 Å². The summed E-state index contributed by atoms with van der Waals surface area (Å²) in [6.07, 6.45) is 4.02. The maximum absolute atomic E-state index is 14.2. The van der Waals surface area contributed by atoms with Crippen LogP contribution < -0.4 is 10.9 Å². The molecule has 0 aliphatic carbocycles. The Balaban J connectivity index is 1.86. The first-order chi connectivity index (χ1) is 16.2. The normalized spacial score (nSPS) is 13.0. The van der Waals surface area contributed by atoms with Crippen molar-refractivity contribution in [2.24, 2.45) is 7.05 Å². The van der Waals surface area contributed by atoms with Crippen molar-refractivity contribution in [1.82, 2.24) is 24.5 Å². The molecular weight excluding hydrogens is 467 g/mol. The number of halogens is 2. The largest absolute Gasteiger partial charge is 0.501 e. The minimum atomic E-state index is -0.831. The van der Waals surface area contributed by atoms with Crippen molar-refractivity contribution in [2.75, 3.05) is 5.32 Å². The number of amides is 1. The van der Waals surface area contributed by atoms with Crippen molar-refractivity contribution in [2.45, 2.75) is 25.8 Å². The number of hydrogen-bond donors (Lipinski definition) is 2. The number of nitrogens with one attached hydrogen (secondary N) is 1. The Bertz CT molecular complexity index is 1420. The lowest BCUT2D eigenvalue weighted by atomic mass is 9.93. The highest BCUT2D eigenvalue weighted by Gasteiger charge is 2.32. The van der Waals surface area contributed by atoms with Gasteiger partial charge in [0, 0.05) is 29.9 Å². The van der Waals surface area contributed by atoms with Crippen LogP contribution in [0.2, 0.25) is 5.02 Å². The predicted molar refractivity (Wildman–Crippen MR) is 121 cm³/mol. The van der Waals surface area contributed by atoms with Crippen LogP contribution in [0.1, 0.15) is 46.5 Å². The first-order valence-corrected chi connectivity index (χ1v) is 10.5. The third-order valence-electron chi connectivity index (χ3n) is 5.50. The van der Waals surface area contributed by atoms with Gasteiger partial charge in [-0.05, 0) is 36.8 Å². The highest BCUT2D eigenvalue weighted by atomic mass is 35.5. The van der Waals surface area contributed by atoms with E-state index in [-0.39, 0.29) is 11.5 Å². The fourth-order valence-electron chi connectivity index (χ4n) is 3.80. The van der Waals surface area contributed by atoms with Crippen LogP contribution in [0.4, 0.5) is 10.1 Å². The van der Waals surface area contributed by atoms with Gasteiger partial charge in [0.05, 0.1) is 12.2 Å². The molecule has 176 valence electrons. The van der Waals surface area contributed by atoms with Crippen molar-refractivity contribution in [3.8, 4) is 5.75 Å². The van der Waals surface area contributed by atoms with E-state index >= 15 is 0 Å². The van der Waals surface area contributed by atoms with Gasteiger partial charge in [0.25, 0.3) is 11.5 Å². The Labute approximate surface area is 197 Å². The Morgan fingerprint density at radius 3 is 2.74 bits per heavy atom.